The maximum atomic E-state index is 13.1. The van der Waals surface area contributed by atoms with E-state index in [9.17, 15) is 13.6 Å². The van der Waals surface area contributed by atoms with Crippen LogP contribution in [0.25, 0.3) is 0 Å². The predicted molar refractivity (Wildman–Crippen MR) is 65.3 cm³/mol. The van der Waals surface area contributed by atoms with Crippen LogP contribution < -0.4 is 0 Å². The van der Waals surface area contributed by atoms with Gasteiger partial charge in [0.05, 0.1) is 0 Å². The van der Waals surface area contributed by atoms with Crippen molar-refractivity contribution in [2.75, 3.05) is 6.54 Å². The minimum absolute atomic E-state index is 0.0984. The van der Waals surface area contributed by atoms with Gasteiger partial charge in [0.25, 0.3) is 5.91 Å². The molecule has 0 unspecified atom stereocenters. The molecule has 1 saturated carbocycles. The van der Waals surface area contributed by atoms with Crippen molar-refractivity contribution in [2.45, 2.75) is 38.6 Å². The van der Waals surface area contributed by atoms with Gasteiger partial charge in [0, 0.05) is 24.2 Å². The summed E-state index contributed by atoms with van der Waals surface area (Å²) >= 11 is 0. The maximum absolute atomic E-state index is 13.1. The van der Waals surface area contributed by atoms with E-state index < -0.39 is 11.6 Å². The second-order valence-corrected chi connectivity index (χ2v) is 4.69. The van der Waals surface area contributed by atoms with Gasteiger partial charge in [-0.3, -0.25) is 4.79 Å². The summed E-state index contributed by atoms with van der Waals surface area (Å²) in [5.74, 6) is -1.69. The van der Waals surface area contributed by atoms with E-state index in [-0.39, 0.29) is 17.5 Å². The number of halogens is 2. The van der Waals surface area contributed by atoms with Crippen molar-refractivity contribution in [3.05, 3.63) is 35.4 Å². The van der Waals surface area contributed by atoms with Gasteiger partial charge < -0.3 is 4.90 Å². The van der Waals surface area contributed by atoms with E-state index in [1.165, 1.54) is 0 Å². The summed E-state index contributed by atoms with van der Waals surface area (Å²) in [6, 6.07) is 3.20. The Hall–Kier alpha value is -1.45. The molecule has 2 nitrogen and oxygen atoms in total. The van der Waals surface area contributed by atoms with Crippen molar-refractivity contribution in [1.29, 1.82) is 0 Å². The van der Waals surface area contributed by atoms with Crippen molar-refractivity contribution in [1.82, 2.24) is 4.90 Å². The van der Waals surface area contributed by atoms with E-state index in [1.807, 2.05) is 6.92 Å². The zero-order valence-corrected chi connectivity index (χ0v) is 10.5. The van der Waals surface area contributed by atoms with Crippen LogP contribution in [0.15, 0.2) is 18.2 Å². The van der Waals surface area contributed by atoms with Crippen LogP contribution in [-0.2, 0) is 0 Å². The van der Waals surface area contributed by atoms with Crippen LogP contribution in [0.5, 0.6) is 0 Å². The minimum Gasteiger partial charge on any atom is -0.336 e. The Labute approximate surface area is 106 Å². The number of rotatable bonds is 3. The molecule has 0 N–H and O–H groups in total. The average molecular weight is 253 g/mol. The summed E-state index contributed by atoms with van der Waals surface area (Å²) in [4.78, 5) is 14.0. The van der Waals surface area contributed by atoms with Crippen LogP contribution in [0.1, 0.15) is 43.0 Å². The van der Waals surface area contributed by atoms with Gasteiger partial charge in [-0.25, -0.2) is 8.78 Å². The monoisotopic (exact) mass is 253 g/mol. The minimum atomic E-state index is -0.708. The summed E-state index contributed by atoms with van der Waals surface area (Å²) in [5.41, 5.74) is 0.0984. The van der Waals surface area contributed by atoms with E-state index in [4.69, 9.17) is 0 Å². The van der Waals surface area contributed by atoms with E-state index in [2.05, 4.69) is 0 Å². The molecule has 1 aromatic rings. The second kappa shape index (κ2) is 5.46. The Kier molecular flexibility index (Phi) is 3.94. The van der Waals surface area contributed by atoms with Gasteiger partial charge in [0.1, 0.15) is 11.6 Å². The van der Waals surface area contributed by atoms with Crippen LogP contribution in [-0.4, -0.2) is 23.4 Å². The molecule has 18 heavy (non-hydrogen) atoms. The molecule has 2 rings (SSSR count). The van der Waals surface area contributed by atoms with Gasteiger partial charge in [-0.2, -0.15) is 0 Å². The van der Waals surface area contributed by atoms with Crippen LogP contribution in [0.4, 0.5) is 8.78 Å². The molecular formula is C14H17F2NO. The normalized spacial score (nSPS) is 15.9. The van der Waals surface area contributed by atoms with Gasteiger partial charge >= 0.3 is 0 Å². The first-order chi connectivity index (χ1) is 8.61. The number of hydrogen-bond donors (Lipinski definition) is 0. The Morgan fingerprint density at radius 3 is 2.28 bits per heavy atom. The highest BCUT2D eigenvalue weighted by Crippen LogP contribution is 2.25. The van der Waals surface area contributed by atoms with Crippen molar-refractivity contribution < 1.29 is 13.6 Å². The first kappa shape index (κ1) is 13.0. The molecule has 1 aliphatic rings. The lowest BCUT2D eigenvalue weighted by molar-refractivity contribution is 0.0692. The molecular weight excluding hydrogens is 236 g/mol. The Morgan fingerprint density at radius 2 is 1.78 bits per heavy atom. The largest absolute Gasteiger partial charge is 0.336 e. The molecule has 0 aromatic heterocycles. The predicted octanol–water partition coefficient (Wildman–Crippen LogP) is 3.37. The lowest BCUT2D eigenvalue weighted by atomic mass is 10.1. The van der Waals surface area contributed by atoms with E-state index >= 15 is 0 Å². The molecule has 0 radical (unpaired) electrons. The summed E-state index contributed by atoms with van der Waals surface area (Å²) in [5, 5.41) is 0. The number of benzene rings is 1. The number of amides is 1. The smallest absolute Gasteiger partial charge is 0.254 e. The highest BCUT2D eigenvalue weighted by Gasteiger charge is 2.26. The number of carbonyl (C=O) groups is 1. The molecule has 1 fully saturated rings. The highest BCUT2D eigenvalue weighted by molar-refractivity contribution is 5.94. The third-order valence-corrected chi connectivity index (χ3v) is 3.48. The number of hydrogen-bond acceptors (Lipinski definition) is 1. The van der Waals surface area contributed by atoms with Crippen LogP contribution >= 0.6 is 0 Å². The molecule has 0 atom stereocenters. The van der Waals surface area contributed by atoms with Gasteiger partial charge in [0.15, 0.2) is 0 Å². The lowest BCUT2D eigenvalue weighted by Crippen LogP contribution is -2.38. The molecule has 1 amide bonds. The summed E-state index contributed by atoms with van der Waals surface area (Å²) in [6.07, 6.45) is 4.20. The summed E-state index contributed by atoms with van der Waals surface area (Å²) < 4.78 is 26.2. The van der Waals surface area contributed by atoms with Crippen LogP contribution in [0.2, 0.25) is 0 Å². The van der Waals surface area contributed by atoms with Gasteiger partial charge in [-0.15, -0.1) is 0 Å². The van der Waals surface area contributed by atoms with Crippen molar-refractivity contribution in [3.8, 4) is 0 Å². The van der Waals surface area contributed by atoms with Crippen molar-refractivity contribution in [2.24, 2.45) is 0 Å². The molecule has 0 aliphatic heterocycles. The fraction of sp³-hybridized carbons (Fsp3) is 0.500. The SMILES string of the molecule is CCN(C(=O)c1cc(F)cc(F)c1)C1CCCC1. The molecule has 98 valence electrons. The highest BCUT2D eigenvalue weighted by atomic mass is 19.1. The fourth-order valence-corrected chi connectivity index (χ4v) is 2.63. The fourth-order valence-electron chi connectivity index (χ4n) is 2.63. The van der Waals surface area contributed by atoms with E-state index in [0.29, 0.717) is 6.54 Å². The Bertz CT molecular complexity index is 421. The standard InChI is InChI=1S/C14H17F2NO/c1-2-17(13-5-3-4-6-13)14(18)10-7-11(15)9-12(16)8-10/h7-9,13H,2-6H2,1H3. The quantitative estimate of drug-likeness (QED) is 0.808. The summed E-state index contributed by atoms with van der Waals surface area (Å²) in [7, 11) is 0. The molecule has 0 spiro atoms. The van der Waals surface area contributed by atoms with Gasteiger partial charge in [-0.05, 0) is 31.9 Å². The molecule has 1 aliphatic carbocycles. The molecule has 0 saturated heterocycles. The molecule has 1 aromatic carbocycles. The number of nitrogens with zero attached hydrogens (tertiary/aromatic N) is 1. The third-order valence-electron chi connectivity index (χ3n) is 3.48. The Morgan fingerprint density at radius 1 is 1.22 bits per heavy atom. The zero-order chi connectivity index (χ0) is 13.1. The number of carbonyl (C=O) groups excluding carboxylic acids is 1. The van der Waals surface area contributed by atoms with Crippen LogP contribution in [0.3, 0.4) is 0 Å². The van der Waals surface area contributed by atoms with E-state index in [0.717, 1.165) is 43.9 Å². The second-order valence-electron chi connectivity index (χ2n) is 4.69. The first-order valence-corrected chi connectivity index (χ1v) is 6.39. The summed E-state index contributed by atoms with van der Waals surface area (Å²) in [6.45, 7) is 2.47. The third kappa shape index (κ3) is 2.68. The van der Waals surface area contributed by atoms with E-state index in [1.54, 1.807) is 4.90 Å². The van der Waals surface area contributed by atoms with Crippen LogP contribution in [0, 0.1) is 11.6 Å². The van der Waals surface area contributed by atoms with Crippen molar-refractivity contribution in [3.63, 3.8) is 0 Å². The molecule has 0 heterocycles. The average Bonchev–Trinajstić information content (AvgIpc) is 2.82. The van der Waals surface area contributed by atoms with Gasteiger partial charge in [0.2, 0.25) is 0 Å². The van der Waals surface area contributed by atoms with Crippen molar-refractivity contribution >= 4 is 5.91 Å². The van der Waals surface area contributed by atoms with Gasteiger partial charge in [-0.1, -0.05) is 12.8 Å². The topological polar surface area (TPSA) is 20.3 Å². The Balaban J connectivity index is 2.22. The maximum Gasteiger partial charge on any atom is 0.254 e. The zero-order valence-electron chi connectivity index (χ0n) is 10.5. The molecule has 0 bridgehead atoms. The molecule has 4 heteroatoms. The lowest BCUT2D eigenvalue weighted by Gasteiger charge is -2.27. The first-order valence-electron chi connectivity index (χ1n) is 6.39.